The number of nitrogens with one attached hydrogen (secondary N) is 1. The van der Waals surface area contributed by atoms with E-state index < -0.39 is 0 Å². The number of rotatable bonds is 4. The maximum atomic E-state index is 3.64. The molecule has 0 aromatic carbocycles. The fraction of sp³-hybridized carbons (Fsp3) is 1.00. The molecule has 0 aromatic heterocycles. The highest BCUT2D eigenvalue weighted by Gasteiger charge is 2.22. The van der Waals surface area contributed by atoms with E-state index in [9.17, 15) is 0 Å². The second kappa shape index (κ2) is 5.86. The fourth-order valence-corrected chi connectivity index (χ4v) is 2.30. The lowest BCUT2D eigenvalue weighted by Gasteiger charge is -2.37. The first-order valence-electron chi connectivity index (χ1n) is 6.52. The van der Waals surface area contributed by atoms with E-state index >= 15 is 0 Å². The minimum Gasteiger partial charge on any atom is -0.311 e. The monoisotopic (exact) mass is 212 g/mol. The standard InChI is InChI=1S/C13H28N2/c1-5-9-15-10-7-6-8-12(15)11-14-13(2,3)4/h12,14H,5-11H2,1-4H3. The molecule has 1 fully saturated rings. The summed E-state index contributed by atoms with van der Waals surface area (Å²) in [4.78, 5) is 2.67. The molecular formula is C13H28N2. The largest absolute Gasteiger partial charge is 0.311 e. The van der Waals surface area contributed by atoms with Crippen LogP contribution in [-0.4, -0.2) is 36.1 Å². The van der Waals surface area contributed by atoms with Gasteiger partial charge in [-0.2, -0.15) is 0 Å². The summed E-state index contributed by atoms with van der Waals surface area (Å²) in [7, 11) is 0. The van der Waals surface area contributed by atoms with Crippen molar-refractivity contribution in [3.8, 4) is 0 Å². The van der Waals surface area contributed by atoms with E-state index in [0.717, 1.165) is 12.6 Å². The number of piperidine rings is 1. The highest BCUT2D eigenvalue weighted by Crippen LogP contribution is 2.17. The third-order valence-electron chi connectivity index (χ3n) is 3.13. The lowest BCUT2D eigenvalue weighted by atomic mass is 10.0. The highest BCUT2D eigenvalue weighted by molar-refractivity contribution is 4.81. The van der Waals surface area contributed by atoms with Crippen LogP contribution in [0, 0.1) is 0 Å². The molecule has 1 aliphatic heterocycles. The van der Waals surface area contributed by atoms with Crippen LogP contribution in [0.25, 0.3) is 0 Å². The lowest BCUT2D eigenvalue weighted by molar-refractivity contribution is 0.139. The molecule has 1 aliphatic rings. The summed E-state index contributed by atoms with van der Waals surface area (Å²) < 4.78 is 0. The van der Waals surface area contributed by atoms with E-state index in [-0.39, 0.29) is 5.54 Å². The van der Waals surface area contributed by atoms with Crippen LogP contribution in [0.5, 0.6) is 0 Å². The Balaban J connectivity index is 2.35. The molecule has 0 aliphatic carbocycles. The van der Waals surface area contributed by atoms with Gasteiger partial charge in [0.2, 0.25) is 0 Å². The van der Waals surface area contributed by atoms with Crippen LogP contribution < -0.4 is 5.32 Å². The summed E-state index contributed by atoms with van der Waals surface area (Å²) in [6, 6.07) is 0.776. The van der Waals surface area contributed by atoms with Crippen molar-refractivity contribution in [3.63, 3.8) is 0 Å². The minimum atomic E-state index is 0.259. The van der Waals surface area contributed by atoms with Gasteiger partial charge < -0.3 is 5.32 Å². The van der Waals surface area contributed by atoms with Crippen molar-refractivity contribution in [2.45, 2.75) is 65.0 Å². The normalized spacial score (nSPS) is 24.4. The number of likely N-dealkylation sites (tertiary alicyclic amines) is 1. The van der Waals surface area contributed by atoms with Crippen molar-refractivity contribution in [2.24, 2.45) is 0 Å². The van der Waals surface area contributed by atoms with Gasteiger partial charge in [-0.25, -0.2) is 0 Å². The topological polar surface area (TPSA) is 15.3 Å². The van der Waals surface area contributed by atoms with Crippen molar-refractivity contribution in [1.29, 1.82) is 0 Å². The van der Waals surface area contributed by atoms with Crippen LogP contribution in [0.2, 0.25) is 0 Å². The third kappa shape index (κ3) is 4.98. The highest BCUT2D eigenvalue weighted by atomic mass is 15.2. The van der Waals surface area contributed by atoms with Gasteiger partial charge >= 0.3 is 0 Å². The van der Waals surface area contributed by atoms with E-state index in [0.29, 0.717) is 0 Å². The number of hydrogen-bond acceptors (Lipinski definition) is 2. The molecule has 0 spiro atoms. The molecular weight excluding hydrogens is 184 g/mol. The minimum absolute atomic E-state index is 0.259. The first-order valence-corrected chi connectivity index (χ1v) is 6.52. The van der Waals surface area contributed by atoms with Crippen molar-refractivity contribution in [1.82, 2.24) is 10.2 Å². The zero-order valence-corrected chi connectivity index (χ0v) is 11.0. The molecule has 0 bridgehead atoms. The molecule has 1 saturated heterocycles. The summed E-state index contributed by atoms with van der Waals surface area (Å²) in [6.07, 6.45) is 5.47. The summed E-state index contributed by atoms with van der Waals surface area (Å²) in [5.74, 6) is 0. The molecule has 0 amide bonds. The first-order chi connectivity index (χ1) is 7.03. The molecule has 1 heterocycles. The Morgan fingerprint density at radius 2 is 2.00 bits per heavy atom. The van der Waals surface area contributed by atoms with E-state index in [1.54, 1.807) is 0 Å². The Morgan fingerprint density at radius 1 is 1.27 bits per heavy atom. The summed E-state index contributed by atoms with van der Waals surface area (Å²) in [5, 5.41) is 3.64. The van der Waals surface area contributed by atoms with Crippen LogP contribution in [0.4, 0.5) is 0 Å². The van der Waals surface area contributed by atoms with E-state index in [1.807, 2.05) is 0 Å². The average Bonchev–Trinajstić information content (AvgIpc) is 2.16. The van der Waals surface area contributed by atoms with Gasteiger partial charge in [0.05, 0.1) is 0 Å². The van der Waals surface area contributed by atoms with Crippen LogP contribution in [0.3, 0.4) is 0 Å². The third-order valence-corrected chi connectivity index (χ3v) is 3.13. The smallest absolute Gasteiger partial charge is 0.0220 e. The molecule has 0 saturated carbocycles. The molecule has 15 heavy (non-hydrogen) atoms. The van der Waals surface area contributed by atoms with Crippen molar-refractivity contribution < 1.29 is 0 Å². The van der Waals surface area contributed by atoms with Gasteiger partial charge in [-0.05, 0) is 53.1 Å². The Bertz CT molecular complexity index is 170. The summed E-state index contributed by atoms with van der Waals surface area (Å²) in [6.45, 7) is 12.8. The summed E-state index contributed by atoms with van der Waals surface area (Å²) in [5.41, 5.74) is 0.259. The number of hydrogen-bond donors (Lipinski definition) is 1. The molecule has 0 radical (unpaired) electrons. The maximum Gasteiger partial charge on any atom is 0.0220 e. The Morgan fingerprint density at radius 3 is 2.60 bits per heavy atom. The molecule has 90 valence electrons. The van der Waals surface area contributed by atoms with Crippen LogP contribution >= 0.6 is 0 Å². The summed E-state index contributed by atoms with van der Waals surface area (Å²) >= 11 is 0. The van der Waals surface area contributed by atoms with Gasteiger partial charge in [-0.1, -0.05) is 13.3 Å². The molecule has 1 unspecified atom stereocenters. The van der Waals surface area contributed by atoms with Crippen molar-refractivity contribution in [3.05, 3.63) is 0 Å². The molecule has 2 heteroatoms. The van der Waals surface area contributed by atoms with Gasteiger partial charge in [-0.3, -0.25) is 4.90 Å². The van der Waals surface area contributed by atoms with Crippen molar-refractivity contribution in [2.75, 3.05) is 19.6 Å². The predicted octanol–water partition coefficient (Wildman–Crippen LogP) is 2.64. The predicted molar refractivity (Wildman–Crippen MR) is 67.3 cm³/mol. The zero-order chi connectivity index (χ0) is 11.3. The average molecular weight is 212 g/mol. The molecule has 1 atom stereocenters. The van der Waals surface area contributed by atoms with Gasteiger partial charge in [0, 0.05) is 18.1 Å². The van der Waals surface area contributed by atoms with Gasteiger partial charge in [0.25, 0.3) is 0 Å². The van der Waals surface area contributed by atoms with Crippen LogP contribution in [0.15, 0.2) is 0 Å². The second-order valence-electron chi connectivity index (χ2n) is 5.82. The van der Waals surface area contributed by atoms with Crippen molar-refractivity contribution >= 4 is 0 Å². The van der Waals surface area contributed by atoms with Gasteiger partial charge in [0.1, 0.15) is 0 Å². The lowest BCUT2D eigenvalue weighted by Crippen LogP contribution is -2.49. The molecule has 0 aromatic rings. The van der Waals surface area contributed by atoms with E-state index in [1.165, 1.54) is 38.8 Å². The number of nitrogens with zero attached hydrogens (tertiary/aromatic N) is 1. The van der Waals surface area contributed by atoms with E-state index in [2.05, 4.69) is 37.9 Å². The second-order valence-corrected chi connectivity index (χ2v) is 5.82. The Kier molecular flexibility index (Phi) is 5.07. The fourth-order valence-electron chi connectivity index (χ4n) is 2.30. The quantitative estimate of drug-likeness (QED) is 0.770. The van der Waals surface area contributed by atoms with Crippen LogP contribution in [-0.2, 0) is 0 Å². The molecule has 1 rings (SSSR count). The van der Waals surface area contributed by atoms with Crippen LogP contribution in [0.1, 0.15) is 53.4 Å². The SMILES string of the molecule is CCCN1CCCCC1CNC(C)(C)C. The molecule has 2 nitrogen and oxygen atoms in total. The first kappa shape index (κ1) is 13.0. The maximum absolute atomic E-state index is 3.64. The van der Waals surface area contributed by atoms with Gasteiger partial charge in [0.15, 0.2) is 0 Å². The zero-order valence-electron chi connectivity index (χ0n) is 11.0. The molecule has 1 N–H and O–H groups in total. The Hall–Kier alpha value is -0.0800. The van der Waals surface area contributed by atoms with E-state index in [4.69, 9.17) is 0 Å². The van der Waals surface area contributed by atoms with Gasteiger partial charge in [-0.15, -0.1) is 0 Å². The Labute approximate surface area is 95.4 Å².